The first-order chi connectivity index (χ1) is 8.79. The van der Waals surface area contributed by atoms with Gasteiger partial charge in [-0.1, -0.05) is 25.5 Å². The van der Waals surface area contributed by atoms with Gasteiger partial charge in [0.25, 0.3) is 0 Å². The summed E-state index contributed by atoms with van der Waals surface area (Å²) in [6.45, 7) is 4.78. The van der Waals surface area contributed by atoms with E-state index >= 15 is 0 Å². The van der Waals surface area contributed by atoms with Gasteiger partial charge in [-0.05, 0) is 61.9 Å². The molecule has 1 N–H and O–H groups in total. The van der Waals surface area contributed by atoms with Gasteiger partial charge in [0, 0.05) is 6.04 Å². The van der Waals surface area contributed by atoms with E-state index in [1.165, 1.54) is 49.9 Å². The first-order valence-electron chi connectivity index (χ1n) is 7.34. The van der Waals surface area contributed by atoms with Crippen LogP contribution in [0.5, 0.6) is 5.75 Å². The highest BCUT2D eigenvalue weighted by atomic mass is 16.3. The van der Waals surface area contributed by atoms with Crippen molar-refractivity contribution < 1.29 is 5.11 Å². The first kappa shape index (κ1) is 12.0. The Labute approximate surface area is 110 Å². The fourth-order valence-electron chi connectivity index (χ4n) is 3.67. The van der Waals surface area contributed by atoms with Crippen LogP contribution in [0.25, 0.3) is 0 Å². The normalized spacial score (nSPS) is 25.3. The molecule has 1 unspecified atom stereocenters. The van der Waals surface area contributed by atoms with Gasteiger partial charge < -0.3 is 5.11 Å². The second-order valence-electron chi connectivity index (χ2n) is 5.79. The Morgan fingerprint density at radius 2 is 2.00 bits per heavy atom. The van der Waals surface area contributed by atoms with Crippen LogP contribution in [0.15, 0.2) is 18.2 Å². The molecule has 0 bridgehead atoms. The van der Waals surface area contributed by atoms with Gasteiger partial charge in [0.2, 0.25) is 0 Å². The van der Waals surface area contributed by atoms with E-state index in [1.54, 1.807) is 0 Å². The fourth-order valence-corrected chi connectivity index (χ4v) is 3.67. The molecule has 18 heavy (non-hydrogen) atoms. The van der Waals surface area contributed by atoms with Crippen LogP contribution in [0.4, 0.5) is 0 Å². The minimum Gasteiger partial charge on any atom is -0.508 e. The third kappa shape index (κ3) is 2.03. The van der Waals surface area contributed by atoms with Gasteiger partial charge in [0.15, 0.2) is 0 Å². The van der Waals surface area contributed by atoms with E-state index < -0.39 is 0 Å². The summed E-state index contributed by atoms with van der Waals surface area (Å²) >= 11 is 0. The van der Waals surface area contributed by atoms with E-state index in [1.807, 2.05) is 12.1 Å². The first-order valence-corrected chi connectivity index (χ1v) is 7.34. The Bertz CT molecular complexity index is 421. The van der Waals surface area contributed by atoms with Crippen LogP contribution in [0.2, 0.25) is 0 Å². The van der Waals surface area contributed by atoms with Gasteiger partial charge in [-0.15, -0.1) is 0 Å². The van der Waals surface area contributed by atoms with Crippen LogP contribution >= 0.6 is 0 Å². The fraction of sp³-hybridized carbons (Fsp3) is 0.625. The van der Waals surface area contributed by atoms with Crippen molar-refractivity contribution in [3.63, 3.8) is 0 Å². The maximum absolute atomic E-state index is 9.91. The number of phenolic OH excluding ortho intramolecular Hbond substituents is 1. The lowest BCUT2D eigenvalue weighted by atomic mass is 9.92. The summed E-state index contributed by atoms with van der Waals surface area (Å²) in [5.41, 5.74) is 2.57. The molecule has 0 spiro atoms. The van der Waals surface area contributed by atoms with Crippen molar-refractivity contribution in [2.75, 3.05) is 13.1 Å². The summed E-state index contributed by atoms with van der Waals surface area (Å²) < 4.78 is 0. The average Bonchev–Trinajstić information content (AvgIpc) is 2.84. The maximum Gasteiger partial charge on any atom is 0.119 e. The number of piperidine rings is 1. The van der Waals surface area contributed by atoms with Crippen molar-refractivity contribution in [1.82, 2.24) is 4.90 Å². The summed E-state index contributed by atoms with van der Waals surface area (Å²) in [6, 6.07) is 6.58. The second kappa shape index (κ2) is 4.93. The van der Waals surface area contributed by atoms with E-state index in [2.05, 4.69) is 17.9 Å². The van der Waals surface area contributed by atoms with Crippen molar-refractivity contribution in [1.29, 1.82) is 0 Å². The number of rotatable bonds is 2. The standard InChI is InChI=1S/C16H23NO/c1-2-12-8-10-17(11-9-12)15-7-6-14-13(15)4-3-5-16(14)18/h3-5,12,15,18H,2,6-11H2,1H3. The number of phenols is 1. The molecule has 1 aliphatic carbocycles. The lowest BCUT2D eigenvalue weighted by Gasteiger charge is -2.36. The van der Waals surface area contributed by atoms with Gasteiger partial charge in [-0.3, -0.25) is 4.90 Å². The molecule has 2 nitrogen and oxygen atoms in total. The second-order valence-corrected chi connectivity index (χ2v) is 5.79. The van der Waals surface area contributed by atoms with Gasteiger partial charge in [0.1, 0.15) is 5.75 Å². The van der Waals surface area contributed by atoms with E-state index in [4.69, 9.17) is 0 Å². The highest BCUT2D eigenvalue weighted by molar-refractivity contribution is 5.44. The summed E-state index contributed by atoms with van der Waals surface area (Å²) in [7, 11) is 0. The van der Waals surface area contributed by atoms with Crippen molar-refractivity contribution >= 4 is 0 Å². The maximum atomic E-state index is 9.91. The Morgan fingerprint density at radius 1 is 1.22 bits per heavy atom. The SMILES string of the molecule is CCC1CCN(C2CCc3c(O)cccc32)CC1. The van der Waals surface area contributed by atoms with Crippen molar-refractivity contribution in [3.05, 3.63) is 29.3 Å². The van der Waals surface area contributed by atoms with Gasteiger partial charge in [-0.25, -0.2) is 0 Å². The number of benzene rings is 1. The summed E-state index contributed by atoms with van der Waals surface area (Å²) in [5, 5.41) is 9.91. The van der Waals surface area contributed by atoms with E-state index in [0.29, 0.717) is 11.8 Å². The number of nitrogens with zero attached hydrogens (tertiary/aromatic N) is 1. The van der Waals surface area contributed by atoms with E-state index in [9.17, 15) is 5.11 Å². The van der Waals surface area contributed by atoms with Gasteiger partial charge >= 0.3 is 0 Å². The van der Waals surface area contributed by atoms with Crippen LogP contribution in [0.3, 0.4) is 0 Å². The predicted molar refractivity (Wildman–Crippen MR) is 73.8 cm³/mol. The average molecular weight is 245 g/mol. The third-order valence-electron chi connectivity index (χ3n) is 4.88. The molecule has 1 heterocycles. The van der Waals surface area contributed by atoms with Crippen LogP contribution in [-0.2, 0) is 6.42 Å². The molecule has 2 aliphatic rings. The molecule has 0 radical (unpaired) electrons. The van der Waals surface area contributed by atoms with Crippen LogP contribution in [0.1, 0.15) is 49.8 Å². The van der Waals surface area contributed by atoms with Gasteiger partial charge in [0.05, 0.1) is 0 Å². The van der Waals surface area contributed by atoms with Crippen molar-refractivity contribution in [3.8, 4) is 5.75 Å². The Kier molecular flexibility index (Phi) is 3.29. The zero-order valence-electron chi connectivity index (χ0n) is 11.2. The number of fused-ring (bicyclic) bond motifs is 1. The molecular formula is C16H23NO. The molecule has 0 aromatic heterocycles. The molecule has 3 rings (SSSR count). The monoisotopic (exact) mass is 245 g/mol. The largest absolute Gasteiger partial charge is 0.508 e. The zero-order valence-corrected chi connectivity index (χ0v) is 11.2. The molecule has 1 aromatic rings. The third-order valence-corrected chi connectivity index (χ3v) is 4.88. The Hall–Kier alpha value is -1.02. The van der Waals surface area contributed by atoms with Crippen LogP contribution < -0.4 is 0 Å². The summed E-state index contributed by atoms with van der Waals surface area (Å²) in [6.07, 6.45) is 6.25. The zero-order chi connectivity index (χ0) is 12.5. The molecular weight excluding hydrogens is 222 g/mol. The van der Waals surface area contributed by atoms with Crippen LogP contribution in [-0.4, -0.2) is 23.1 Å². The molecule has 2 heteroatoms. The van der Waals surface area contributed by atoms with E-state index in [0.717, 1.165) is 12.3 Å². The van der Waals surface area contributed by atoms with Crippen molar-refractivity contribution in [2.24, 2.45) is 5.92 Å². The molecule has 1 atom stereocenters. The molecule has 98 valence electrons. The highest BCUT2D eigenvalue weighted by Crippen LogP contribution is 2.41. The molecule has 1 aromatic carbocycles. The van der Waals surface area contributed by atoms with Crippen molar-refractivity contribution in [2.45, 2.75) is 45.1 Å². The minimum absolute atomic E-state index is 0.499. The summed E-state index contributed by atoms with van der Waals surface area (Å²) in [4.78, 5) is 2.64. The molecule has 0 saturated carbocycles. The van der Waals surface area contributed by atoms with Crippen LogP contribution in [0, 0.1) is 5.92 Å². The smallest absolute Gasteiger partial charge is 0.119 e. The number of likely N-dealkylation sites (tertiary alicyclic amines) is 1. The lowest BCUT2D eigenvalue weighted by Crippen LogP contribution is -2.35. The highest BCUT2D eigenvalue weighted by Gasteiger charge is 2.31. The number of aromatic hydroxyl groups is 1. The summed E-state index contributed by atoms with van der Waals surface area (Å²) in [5.74, 6) is 1.43. The molecule has 1 fully saturated rings. The lowest BCUT2D eigenvalue weighted by molar-refractivity contribution is 0.130. The predicted octanol–water partition coefficient (Wildman–Crippen LogP) is 3.50. The quantitative estimate of drug-likeness (QED) is 0.862. The molecule has 1 aliphatic heterocycles. The topological polar surface area (TPSA) is 23.5 Å². The minimum atomic E-state index is 0.499. The Balaban J connectivity index is 1.75. The van der Waals surface area contributed by atoms with Gasteiger partial charge in [-0.2, -0.15) is 0 Å². The number of hydrogen-bond acceptors (Lipinski definition) is 2. The van der Waals surface area contributed by atoms with E-state index in [-0.39, 0.29) is 0 Å². The Morgan fingerprint density at radius 3 is 2.72 bits per heavy atom. The molecule has 0 amide bonds. The molecule has 1 saturated heterocycles. The number of hydrogen-bond donors (Lipinski definition) is 1.